The molecule has 1 saturated heterocycles. The number of carbonyl (C=O) groups excluding carboxylic acids is 2. The molecule has 5 rings (SSSR count). The van der Waals surface area contributed by atoms with Crippen LogP contribution in [0.2, 0.25) is 0 Å². The van der Waals surface area contributed by atoms with Crippen molar-refractivity contribution >= 4 is 35.3 Å². The largest absolute Gasteiger partial charge is 0.367 e. The predicted octanol–water partition coefficient (Wildman–Crippen LogP) is 1.61. The number of pyridine rings is 1. The van der Waals surface area contributed by atoms with Crippen LogP contribution in [-0.2, 0) is 4.79 Å². The smallest absolute Gasteiger partial charge is 0.326 e. The molecule has 10 heteroatoms. The number of aromatic nitrogens is 4. The number of rotatable bonds is 5. The average Bonchev–Trinajstić information content (AvgIpc) is 3.36. The maximum atomic E-state index is 11.9. The monoisotopic (exact) mass is 404 g/mol. The molecule has 0 atom stereocenters. The molecule has 1 saturated carbocycles. The lowest BCUT2D eigenvalue weighted by molar-refractivity contribution is -0.115. The molecule has 0 bridgehead atoms. The summed E-state index contributed by atoms with van der Waals surface area (Å²) in [5, 5.41) is 12.6. The van der Waals surface area contributed by atoms with Gasteiger partial charge in [0.15, 0.2) is 5.65 Å². The maximum absolute atomic E-state index is 11.9. The molecule has 2 aliphatic rings. The summed E-state index contributed by atoms with van der Waals surface area (Å²) in [7, 11) is 3.88. The molecule has 3 amide bonds. The van der Waals surface area contributed by atoms with Crippen molar-refractivity contribution in [3.05, 3.63) is 41.9 Å². The summed E-state index contributed by atoms with van der Waals surface area (Å²) in [5.41, 5.74) is 2.97. The number of nitrogens with zero attached hydrogens (tertiary/aromatic N) is 5. The van der Waals surface area contributed by atoms with E-state index in [2.05, 4.69) is 26.0 Å². The van der Waals surface area contributed by atoms with Crippen molar-refractivity contribution in [3.8, 4) is 11.3 Å². The molecule has 0 spiro atoms. The Morgan fingerprint density at radius 3 is 2.67 bits per heavy atom. The Hall–Kier alpha value is -3.95. The minimum atomic E-state index is -0.542. The Labute approximate surface area is 172 Å². The van der Waals surface area contributed by atoms with E-state index in [1.807, 2.05) is 37.2 Å². The van der Waals surface area contributed by atoms with Crippen molar-refractivity contribution in [1.82, 2.24) is 30.2 Å². The quantitative estimate of drug-likeness (QED) is 0.437. The highest BCUT2D eigenvalue weighted by Gasteiger charge is 2.25. The fraction of sp³-hybridized carbons (Fsp3) is 0.250. The van der Waals surface area contributed by atoms with Crippen molar-refractivity contribution in [2.75, 3.05) is 24.3 Å². The molecule has 3 aromatic rings. The molecule has 3 N–H and O–H groups in total. The molecular weight excluding hydrogens is 384 g/mol. The third-order valence-electron chi connectivity index (χ3n) is 4.95. The van der Waals surface area contributed by atoms with Gasteiger partial charge in [0.2, 0.25) is 0 Å². The van der Waals surface area contributed by atoms with E-state index in [0.717, 1.165) is 35.7 Å². The van der Waals surface area contributed by atoms with E-state index in [-0.39, 0.29) is 5.70 Å². The highest BCUT2D eigenvalue weighted by atomic mass is 16.2. The zero-order valence-corrected chi connectivity index (χ0v) is 16.5. The summed E-state index contributed by atoms with van der Waals surface area (Å²) < 4.78 is 1.71. The van der Waals surface area contributed by atoms with Crippen molar-refractivity contribution < 1.29 is 9.59 Å². The van der Waals surface area contributed by atoms with Crippen LogP contribution in [-0.4, -0.2) is 51.7 Å². The highest BCUT2D eigenvalue weighted by Crippen LogP contribution is 2.29. The van der Waals surface area contributed by atoms with Gasteiger partial charge in [0.05, 0.1) is 11.9 Å². The Kier molecular flexibility index (Phi) is 4.12. The maximum Gasteiger partial charge on any atom is 0.326 e. The first-order chi connectivity index (χ1) is 14.5. The molecule has 0 unspecified atom stereocenters. The second kappa shape index (κ2) is 6.83. The van der Waals surface area contributed by atoms with E-state index in [1.54, 1.807) is 23.0 Å². The predicted molar refractivity (Wildman–Crippen MR) is 112 cm³/mol. The summed E-state index contributed by atoms with van der Waals surface area (Å²) in [4.78, 5) is 34.5. The summed E-state index contributed by atoms with van der Waals surface area (Å²) in [5.74, 6) is 1.20. The second-order valence-electron chi connectivity index (χ2n) is 7.55. The molecule has 152 valence electrons. The highest BCUT2D eigenvalue weighted by molar-refractivity contribution is 6.14. The number of imide groups is 1. The number of nitrogens with one attached hydrogen (secondary N) is 3. The topological polar surface area (TPSA) is 117 Å². The number of hydrogen-bond acceptors (Lipinski definition) is 7. The van der Waals surface area contributed by atoms with Gasteiger partial charge in [-0.1, -0.05) is 0 Å². The van der Waals surface area contributed by atoms with Gasteiger partial charge in [0, 0.05) is 43.5 Å². The molecular formula is C20H20N8O2. The molecule has 1 aliphatic carbocycles. The van der Waals surface area contributed by atoms with Crippen molar-refractivity contribution in [1.29, 1.82) is 0 Å². The van der Waals surface area contributed by atoms with E-state index < -0.39 is 11.9 Å². The van der Waals surface area contributed by atoms with Gasteiger partial charge in [-0.15, -0.1) is 0 Å². The van der Waals surface area contributed by atoms with Gasteiger partial charge in [0.1, 0.15) is 17.3 Å². The molecule has 1 aliphatic heterocycles. The number of urea groups is 1. The van der Waals surface area contributed by atoms with Gasteiger partial charge in [-0.2, -0.15) is 9.61 Å². The summed E-state index contributed by atoms with van der Waals surface area (Å²) in [6, 6.07) is 5.74. The van der Waals surface area contributed by atoms with Crippen molar-refractivity contribution in [2.45, 2.75) is 18.9 Å². The molecule has 0 radical (unpaired) electrons. The first-order valence-corrected chi connectivity index (χ1v) is 9.61. The number of amides is 3. The zero-order chi connectivity index (χ0) is 20.8. The minimum absolute atomic E-state index is 0.163. The van der Waals surface area contributed by atoms with Gasteiger partial charge in [-0.25, -0.2) is 14.8 Å². The molecule has 2 fully saturated rings. The Morgan fingerprint density at radius 2 is 2.03 bits per heavy atom. The molecule has 10 nitrogen and oxygen atoms in total. The lowest BCUT2D eigenvalue weighted by atomic mass is 10.2. The van der Waals surface area contributed by atoms with E-state index in [4.69, 9.17) is 4.98 Å². The van der Waals surface area contributed by atoms with Crippen molar-refractivity contribution in [3.63, 3.8) is 0 Å². The van der Waals surface area contributed by atoms with Crippen LogP contribution >= 0.6 is 0 Å². The van der Waals surface area contributed by atoms with Crippen molar-refractivity contribution in [2.24, 2.45) is 0 Å². The minimum Gasteiger partial charge on any atom is -0.367 e. The van der Waals surface area contributed by atoms with Gasteiger partial charge >= 0.3 is 6.03 Å². The Balaban J connectivity index is 1.61. The zero-order valence-electron chi connectivity index (χ0n) is 16.5. The third kappa shape index (κ3) is 3.32. The first kappa shape index (κ1) is 18.1. The van der Waals surface area contributed by atoms with Crippen LogP contribution in [0.1, 0.15) is 18.4 Å². The van der Waals surface area contributed by atoms with Gasteiger partial charge in [0.25, 0.3) is 5.91 Å². The van der Waals surface area contributed by atoms with Crippen LogP contribution in [0.4, 0.5) is 16.4 Å². The number of anilines is 2. The Morgan fingerprint density at radius 1 is 1.20 bits per heavy atom. The average molecular weight is 404 g/mol. The fourth-order valence-electron chi connectivity index (χ4n) is 3.21. The van der Waals surface area contributed by atoms with Gasteiger partial charge in [-0.3, -0.25) is 10.1 Å². The first-order valence-electron chi connectivity index (χ1n) is 9.61. The van der Waals surface area contributed by atoms with Crippen LogP contribution in [0.3, 0.4) is 0 Å². The lowest BCUT2D eigenvalue weighted by Crippen LogP contribution is -2.22. The fourth-order valence-corrected chi connectivity index (χ4v) is 3.21. The number of hydrogen-bond donors (Lipinski definition) is 3. The third-order valence-corrected chi connectivity index (χ3v) is 4.95. The van der Waals surface area contributed by atoms with Crippen LogP contribution < -0.4 is 20.9 Å². The SMILES string of the molecule is CN(C)c1ccc(-c2cc(NC3CC3)n3ncc(/C=C4\NC(=O)NC4=O)c3n2)cn1. The van der Waals surface area contributed by atoms with Gasteiger partial charge < -0.3 is 15.5 Å². The van der Waals surface area contributed by atoms with Crippen LogP contribution in [0.25, 0.3) is 23.0 Å². The standard InChI is InChI=1S/C20H20N8O2/c1-27(2)16-6-3-11(9-21-16)14-8-17(23-13-4-5-13)28-18(24-14)12(10-22-28)7-15-19(29)26-20(30)25-15/h3,6-10,13,23H,4-5H2,1-2H3,(H2,25,26,29,30)/b15-7-. The summed E-state index contributed by atoms with van der Waals surface area (Å²) >= 11 is 0. The Bertz CT molecular complexity index is 1190. The summed E-state index contributed by atoms with van der Waals surface area (Å²) in [6.07, 6.45) is 7.22. The van der Waals surface area contributed by atoms with Gasteiger partial charge in [-0.05, 0) is 31.1 Å². The van der Waals surface area contributed by atoms with E-state index in [9.17, 15) is 9.59 Å². The second-order valence-corrected chi connectivity index (χ2v) is 7.55. The molecule has 30 heavy (non-hydrogen) atoms. The molecule has 3 aromatic heterocycles. The lowest BCUT2D eigenvalue weighted by Gasteiger charge is -2.12. The van der Waals surface area contributed by atoms with E-state index >= 15 is 0 Å². The van der Waals surface area contributed by atoms with Crippen LogP contribution in [0.5, 0.6) is 0 Å². The summed E-state index contributed by atoms with van der Waals surface area (Å²) in [6.45, 7) is 0. The van der Waals surface area contributed by atoms with E-state index in [1.165, 1.54) is 0 Å². The van der Waals surface area contributed by atoms with Crippen LogP contribution in [0.15, 0.2) is 36.3 Å². The normalized spacial score (nSPS) is 17.3. The van der Waals surface area contributed by atoms with E-state index in [0.29, 0.717) is 17.3 Å². The molecule has 4 heterocycles. The number of fused-ring (bicyclic) bond motifs is 1. The molecule has 0 aromatic carbocycles. The van der Waals surface area contributed by atoms with Crippen LogP contribution in [0, 0.1) is 0 Å². The number of carbonyl (C=O) groups is 2.